The number of nitrogens with zero attached hydrogens (tertiary/aromatic N) is 1. The highest BCUT2D eigenvalue weighted by atomic mass is 35.5. The van der Waals surface area contributed by atoms with Gasteiger partial charge in [-0.25, -0.2) is 0 Å². The molecule has 0 spiro atoms. The van der Waals surface area contributed by atoms with Crippen LogP contribution in [0.5, 0.6) is 0 Å². The van der Waals surface area contributed by atoms with E-state index in [1.807, 2.05) is 20.8 Å². The Labute approximate surface area is 73.5 Å². The number of alkyl halides is 1. The number of amides is 1. The van der Waals surface area contributed by atoms with Gasteiger partial charge in [0, 0.05) is 14.1 Å². The van der Waals surface area contributed by atoms with E-state index in [0.29, 0.717) is 0 Å². The van der Waals surface area contributed by atoms with Gasteiger partial charge in [-0.3, -0.25) is 4.79 Å². The first-order valence-electron chi connectivity index (χ1n) is 3.67. The van der Waals surface area contributed by atoms with Gasteiger partial charge in [0.05, 0.1) is 10.8 Å². The van der Waals surface area contributed by atoms with Gasteiger partial charge < -0.3 is 4.90 Å². The zero-order valence-corrected chi connectivity index (χ0v) is 8.57. The minimum Gasteiger partial charge on any atom is -0.349 e. The van der Waals surface area contributed by atoms with Crippen molar-refractivity contribution < 1.29 is 4.79 Å². The lowest BCUT2D eigenvalue weighted by Gasteiger charge is -2.26. The molecule has 0 aliphatic rings. The van der Waals surface area contributed by atoms with Crippen molar-refractivity contribution in [3.05, 3.63) is 0 Å². The van der Waals surface area contributed by atoms with Crippen molar-refractivity contribution in [3.63, 3.8) is 0 Å². The van der Waals surface area contributed by atoms with Crippen LogP contribution in [0.4, 0.5) is 0 Å². The summed E-state index contributed by atoms with van der Waals surface area (Å²) in [4.78, 5) is 12.4. The van der Waals surface area contributed by atoms with Gasteiger partial charge in [-0.1, -0.05) is 6.92 Å². The number of hydrogen-bond acceptors (Lipinski definition) is 1. The fraction of sp³-hybridized carbons (Fsp3) is 0.875. The predicted octanol–water partition coefficient (Wildman–Crippen LogP) is 1.73. The molecular weight excluding hydrogens is 162 g/mol. The molecular formula is C8H16ClNO. The van der Waals surface area contributed by atoms with E-state index in [1.165, 1.54) is 0 Å². The van der Waals surface area contributed by atoms with Crippen molar-refractivity contribution in [1.29, 1.82) is 0 Å². The fourth-order valence-electron chi connectivity index (χ4n) is 0.681. The molecule has 0 aliphatic carbocycles. The van der Waals surface area contributed by atoms with Crippen LogP contribution in [0, 0.1) is 5.92 Å². The third-order valence-corrected chi connectivity index (χ3v) is 2.17. The molecule has 0 aromatic carbocycles. The summed E-state index contributed by atoms with van der Waals surface area (Å²) in [5, 5.41) is 0. The number of rotatable bonds is 2. The number of halogens is 1. The fourth-order valence-corrected chi connectivity index (χ4v) is 0.774. The zero-order valence-electron chi connectivity index (χ0n) is 7.81. The normalized spacial score (nSPS) is 14.4. The molecule has 1 unspecified atom stereocenters. The quantitative estimate of drug-likeness (QED) is 0.589. The average Bonchev–Trinajstić information content (AvgIpc) is 1.82. The van der Waals surface area contributed by atoms with Crippen molar-refractivity contribution in [3.8, 4) is 0 Å². The Bertz CT molecular complexity index is 149. The van der Waals surface area contributed by atoms with Gasteiger partial charge in [0.1, 0.15) is 0 Å². The molecule has 0 radical (unpaired) electrons. The van der Waals surface area contributed by atoms with E-state index in [-0.39, 0.29) is 11.8 Å². The van der Waals surface area contributed by atoms with Crippen LogP contribution in [-0.2, 0) is 4.79 Å². The Balaban J connectivity index is 4.26. The van der Waals surface area contributed by atoms with Crippen LogP contribution in [0.15, 0.2) is 0 Å². The molecule has 0 fully saturated rings. The predicted molar refractivity (Wildman–Crippen MR) is 47.8 cm³/mol. The molecule has 11 heavy (non-hydrogen) atoms. The molecule has 0 aromatic rings. The minimum atomic E-state index is -0.457. The van der Waals surface area contributed by atoms with E-state index < -0.39 is 4.87 Å². The molecule has 0 rings (SSSR count). The highest BCUT2D eigenvalue weighted by Crippen LogP contribution is 2.24. The van der Waals surface area contributed by atoms with Crippen LogP contribution >= 0.6 is 11.6 Å². The van der Waals surface area contributed by atoms with Gasteiger partial charge in [-0.15, -0.1) is 11.6 Å². The van der Waals surface area contributed by atoms with Crippen LogP contribution in [0.1, 0.15) is 20.8 Å². The lowest BCUT2D eigenvalue weighted by molar-refractivity contribution is -0.133. The number of carbonyl (C=O) groups is 1. The van der Waals surface area contributed by atoms with Gasteiger partial charge in [0.2, 0.25) is 5.91 Å². The third kappa shape index (κ3) is 3.10. The lowest BCUT2D eigenvalue weighted by atomic mass is 9.96. The summed E-state index contributed by atoms with van der Waals surface area (Å²) in [6.07, 6.45) is 0. The average molecular weight is 178 g/mol. The van der Waals surface area contributed by atoms with E-state index in [9.17, 15) is 4.79 Å². The molecule has 66 valence electrons. The second-order valence-corrected chi connectivity index (χ2v) is 4.49. The molecule has 0 heterocycles. The second kappa shape index (κ2) is 3.44. The first-order valence-corrected chi connectivity index (χ1v) is 4.04. The Kier molecular flexibility index (Phi) is 3.36. The SMILES string of the molecule is CC(C(=O)N(C)C)C(C)(C)Cl. The monoisotopic (exact) mass is 177 g/mol. The summed E-state index contributed by atoms with van der Waals surface area (Å²) < 4.78 is 0. The molecule has 1 atom stereocenters. The van der Waals surface area contributed by atoms with Crippen LogP contribution in [-0.4, -0.2) is 29.8 Å². The maximum Gasteiger partial charge on any atom is 0.226 e. The molecule has 0 aromatic heterocycles. The molecule has 1 amide bonds. The van der Waals surface area contributed by atoms with Crippen molar-refractivity contribution in [2.24, 2.45) is 5.92 Å². The minimum absolute atomic E-state index is 0.0741. The summed E-state index contributed by atoms with van der Waals surface area (Å²) in [6, 6.07) is 0. The molecule has 0 aliphatic heterocycles. The van der Waals surface area contributed by atoms with Crippen molar-refractivity contribution in [1.82, 2.24) is 4.90 Å². The van der Waals surface area contributed by atoms with Gasteiger partial charge in [-0.05, 0) is 13.8 Å². The van der Waals surface area contributed by atoms with Crippen LogP contribution in [0.25, 0.3) is 0 Å². The Morgan fingerprint density at radius 1 is 1.45 bits per heavy atom. The highest BCUT2D eigenvalue weighted by molar-refractivity contribution is 6.24. The summed E-state index contributed by atoms with van der Waals surface area (Å²) >= 11 is 5.98. The van der Waals surface area contributed by atoms with Gasteiger partial charge in [0.15, 0.2) is 0 Å². The summed E-state index contributed by atoms with van der Waals surface area (Å²) in [6.45, 7) is 5.54. The zero-order chi connectivity index (χ0) is 9.23. The van der Waals surface area contributed by atoms with Crippen LogP contribution in [0.2, 0.25) is 0 Å². The molecule has 2 nitrogen and oxygen atoms in total. The second-order valence-electron chi connectivity index (χ2n) is 3.52. The lowest BCUT2D eigenvalue weighted by Crippen LogP contribution is -2.37. The van der Waals surface area contributed by atoms with E-state index in [4.69, 9.17) is 11.6 Å². The maximum atomic E-state index is 11.3. The Morgan fingerprint density at radius 3 is 1.91 bits per heavy atom. The molecule has 0 N–H and O–H groups in total. The summed E-state index contributed by atoms with van der Waals surface area (Å²) in [7, 11) is 3.48. The smallest absolute Gasteiger partial charge is 0.226 e. The number of hydrogen-bond donors (Lipinski definition) is 0. The number of carbonyl (C=O) groups excluding carboxylic acids is 1. The van der Waals surface area contributed by atoms with Gasteiger partial charge >= 0.3 is 0 Å². The highest BCUT2D eigenvalue weighted by Gasteiger charge is 2.29. The van der Waals surface area contributed by atoms with E-state index in [1.54, 1.807) is 19.0 Å². The van der Waals surface area contributed by atoms with Crippen molar-refractivity contribution in [2.45, 2.75) is 25.6 Å². The molecule has 3 heteroatoms. The third-order valence-electron chi connectivity index (χ3n) is 1.84. The largest absolute Gasteiger partial charge is 0.349 e. The van der Waals surface area contributed by atoms with Crippen molar-refractivity contribution >= 4 is 17.5 Å². The maximum absolute atomic E-state index is 11.3. The first-order chi connectivity index (χ1) is 4.76. The molecule has 0 saturated heterocycles. The topological polar surface area (TPSA) is 20.3 Å². The van der Waals surface area contributed by atoms with E-state index in [2.05, 4.69) is 0 Å². The molecule has 0 saturated carbocycles. The van der Waals surface area contributed by atoms with Crippen molar-refractivity contribution in [2.75, 3.05) is 14.1 Å². The summed E-state index contributed by atoms with van der Waals surface area (Å²) in [5.74, 6) is -0.0656. The first kappa shape index (κ1) is 10.8. The van der Waals surface area contributed by atoms with Crippen LogP contribution < -0.4 is 0 Å². The van der Waals surface area contributed by atoms with E-state index >= 15 is 0 Å². The van der Waals surface area contributed by atoms with Crippen LogP contribution in [0.3, 0.4) is 0 Å². The van der Waals surface area contributed by atoms with Gasteiger partial charge in [-0.2, -0.15) is 0 Å². The molecule has 0 bridgehead atoms. The Morgan fingerprint density at radius 2 is 1.82 bits per heavy atom. The Hall–Kier alpha value is -0.240. The van der Waals surface area contributed by atoms with Gasteiger partial charge in [0.25, 0.3) is 0 Å². The standard InChI is InChI=1S/C8H16ClNO/c1-6(8(2,3)9)7(11)10(4)5/h6H,1-5H3. The van der Waals surface area contributed by atoms with E-state index in [0.717, 1.165) is 0 Å². The summed E-state index contributed by atoms with van der Waals surface area (Å²) in [5.41, 5.74) is 0.